The number of ether oxygens (including phenoxy) is 1. The van der Waals surface area contributed by atoms with Crippen LogP contribution in [0.5, 0.6) is 0 Å². The molecule has 0 heterocycles. The summed E-state index contributed by atoms with van der Waals surface area (Å²) in [5, 5.41) is 8.27. The number of hydrogen-bond donors (Lipinski definition) is 1. The highest BCUT2D eigenvalue weighted by molar-refractivity contribution is 4.98. The zero-order valence-corrected chi connectivity index (χ0v) is 6.39. The van der Waals surface area contributed by atoms with Crippen molar-refractivity contribution in [1.29, 1.82) is 0 Å². The molecular weight excluding hydrogens is 128 g/mol. The fourth-order valence-electron chi connectivity index (χ4n) is 0.604. The van der Waals surface area contributed by atoms with Gasteiger partial charge in [0, 0.05) is 20.1 Å². The van der Waals surface area contributed by atoms with Gasteiger partial charge in [-0.3, -0.25) is 0 Å². The molecule has 1 N–H and O–H groups in total. The molecule has 0 aromatic carbocycles. The monoisotopic (exact) mass is 142 g/mol. The van der Waals surface area contributed by atoms with Crippen LogP contribution in [0.25, 0.3) is 0 Å². The van der Waals surface area contributed by atoms with Crippen LogP contribution in [0.4, 0.5) is 0 Å². The normalized spacial score (nSPS) is 8.60. The summed E-state index contributed by atoms with van der Waals surface area (Å²) in [6, 6.07) is 0. The van der Waals surface area contributed by atoms with E-state index in [1.165, 1.54) is 0 Å². The largest absolute Gasteiger partial charge is 0.385 e. The third-order valence-corrected chi connectivity index (χ3v) is 1.10. The molecule has 0 amide bonds. The fraction of sp³-hybridized carbons (Fsp3) is 0.750. The first kappa shape index (κ1) is 9.48. The first-order chi connectivity index (χ1) is 4.91. The Labute approximate surface area is 62.2 Å². The predicted octanol–water partition coefficient (Wildman–Crippen LogP) is 0.799. The third kappa shape index (κ3) is 7.48. The van der Waals surface area contributed by atoms with E-state index in [1.54, 1.807) is 7.11 Å². The highest BCUT2D eigenvalue weighted by Crippen LogP contribution is 1.92. The maximum absolute atomic E-state index is 8.27. The molecule has 0 aliphatic rings. The van der Waals surface area contributed by atoms with Crippen molar-refractivity contribution in [2.45, 2.75) is 19.3 Å². The van der Waals surface area contributed by atoms with Crippen molar-refractivity contribution in [3.8, 4) is 11.8 Å². The molecule has 0 aromatic heterocycles. The SMILES string of the molecule is COCCCCC#CCO. The Morgan fingerprint density at radius 3 is 2.70 bits per heavy atom. The topological polar surface area (TPSA) is 29.5 Å². The fourth-order valence-corrected chi connectivity index (χ4v) is 0.604. The number of aliphatic hydroxyl groups is 1. The molecular formula is C8H14O2. The minimum atomic E-state index is -0.0235. The first-order valence-corrected chi connectivity index (χ1v) is 3.47. The van der Waals surface area contributed by atoms with E-state index < -0.39 is 0 Å². The van der Waals surface area contributed by atoms with E-state index >= 15 is 0 Å². The lowest BCUT2D eigenvalue weighted by molar-refractivity contribution is 0.193. The van der Waals surface area contributed by atoms with Crippen LogP contribution >= 0.6 is 0 Å². The lowest BCUT2D eigenvalue weighted by Crippen LogP contribution is -1.86. The van der Waals surface area contributed by atoms with Gasteiger partial charge in [0.1, 0.15) is 6.61 Å². The zero-order valence-electron chi connectivity index (χ0n) is 6.39. The van der Waals surface area contributed by atoms with E-state index in [0.29, 0.717) is 0 Å². The number of aliphatic hydroxyl groups excluding tert-OH is 1. The second-order valence-corrected chi connectivity index (χ2v) is 1.96. The van der Waals surface area contributed by atoms with Crippen LogP contribution in [0, 0.1) is 11.8 Å². The molecule has 0 unspecified atom stereocenters. The third-order valence-electron chi connectivity index (χ3n) is 1.10. The molecule has 2 heteroatoms. The van der Waals surface area contributed by atoms with E-state index in [1.807, 2.05) is 0 Å². The summed E-state index contributed by atoms with van der Waals surface area (Å²) in [7, 11) is 1.69. The Balaban J connectivity index is 2.90. The number of hydrogen-bond acceptors (Lipinski definition) is 2. The van der Waals surface area contributed by atoms with Crippen molar-refractivity contribution >= 4 is 0 Å². The quantitative estimate of drug-likeness (QED) is 0.464. The molecule has 58 valence electrons. The minimum absolute atomic E-state index is 0.0235. The summed E-state index contributed by atoms with van der Waals surface area (Å²) in [6.45, 7) is 0.783. The van der Waals surface area contributed by atoms with Gasteiger partial charge in [-0.25, -0.2) is 0 Å². The number of unbranched alkanes of at least 4 members (excludes halogenated alkanes) is 2. The lowest BCUT2D eigenvalue weighted by atomic mass is 10.2. The molecule has 0 atom stereocenters. The van der Waals surface area contributed by atoms with E-state index in [9.17, 15) is 0 Å². The predicted molar refractivity (Wildman–Crippen MR) is 40.6 cm³/mol. The van der Waals surface area contributed by atoms with Crippen molar-refractivity contribution in [3.63, 3.8) is 0 Å². The van der Waals surface area contributed by atoms with Gasteiger partial charge in [-0.2, -0.15) is 0 Å². The van der Waals surface area contributed by atoms with E-state index in [2.05, 4.69) is 11.8 Å². The van der Waals surface area contributed by atoms with Crippen molar-refractivity contribution in [2.24, 2.45) is 0 Å². The van der Waals surface area contributed by atoms with Crippen molar-refractivity contribution in [2.75, 3.05) is 20.3 Å². The summed E-state index contributed by atoms with van der Waals surface area (Å²) in [5.74, 6) is 5.43. The summed E-state index contributed by atoms with van der Waals surface area (Å²) in [5.41, 5.74) is 0. The van der Waals surface area contributed by atoms with Gasteiger partial charge < -0.3 is 9.84 Å². The van der Waals surface area contributed by atoms with Crippen molar-refractivity contribution in [1.82, 2.24) is 0 Å². The van der Waals surface area contributed by atoms with Crippen LogP contribution in [-0.2, 0) is 4.74 Å². The van der Waals surface area contributed by atoms with Gasteiger partial charge in [0.25, 0.3) is 0 Å². The number of methoxy groups -OCH3 is 1. The summed E-state index contributed by atoms with van der Waals surface area (Å²) >= 11 is 0. The van der Waals surface area contributed by atoms with Crippen molar-refractivity contribution in [3.05, 3.63) is 0 Å². The molecule has 0 radical (unpaired) electrons. The molecule has 0 aliphatic carbocycles. The van der Waals surface area contributed by atoms with Crippen LogP contribution in [0.2, 0.25) is 0 Å². The van der Waals surface area contributed by atoms with E-state index in [4.69, 9.17) is 9.84 Å². The average Bonchev–Trinajstić information content (AvgIpc) is 1.97. The maximum atomic E-state index is 8.27. The standard InChI is InChI=1S/C8H14O2/c1-10-8-6-4-2-3-5-7-9/h9H,2,4,6-8H2,1H3. The molecule has 10 heavy (non-hydrogen) atoms. The molecule has 0 rings (SSSR count). The second-order valence-electron chi connectivity index (χ2n) is 1.96. The van der Waals surface area contributed by atoms with Gasteiger partial charge in [0.15, 0.2) is 0 Å². The van der Waals surface area contributed by atoms with Gasteiger partial charge >= 0.3 is 0 Å². The highest BCUT2D eigenvalue weighted by Gasteiger charge is 1.82. The van der Waals surface area contributed by atoms with Gasteiger partial charge in [-0.1, -0.05) is 5.92 Å². The van der Waals surface area contributed by atoms with Crippen LogP contribution in [0.15, 0.2) is 0 Å². The van der Waals surface area contributed by atoms with E-state index in [0.717, 1.165) is 25.9 Å². The molecule has 2 nitrogen and oxygen atoms in total. The van der Waals surface area contributed by atoms with Gasteiger partial charge in [-0.15, -0.1) is 5.92 Å². The van der Waals surface area contributed by atoms with Crippen LogP contribution in [-0.4, -0.2) is 25.4 Å². The Bertz CT molecular complexity index is 110. The molecule has 0 saturated carbocycles. The van der Waals surface area contributed by atoms with Gasteiger partial charge in [0.05, 0.1) is 0 Å². The molecule has 0 spiro atoms. The first-order valence-electron chi connectivity index (χ1n) is 3.47. The minimum Gasteiger partial charge on any atom is -0.385 e. The molecule has 0 saturated heterocycles. The Morgan fingerprint density at radius 2 is 2.10 bits per heavy atom. The molecule has 0 aliphatic heterocycles. The number of rotatable bonds is 4. The summed E-state index contributed by atoms with van der Waals surface area (Å²) in [6.07, 6.45) is 2.97. The summed E-state index contributed by atoms with van der Waals surface area (Å²) < 4.78 is 4.85. The van der Waals surface area contributed by atoms with Crippen LogP contribution < -0.4 is 0 Å². The Hall–Kier alpha value is -0.520. The highest BCUT2D eigenvalue weighted by atomic mass is 16.5. The van der Waals surface area contributed by atoms with E-state index in [-0.39, 0.29) is 6.61 Å². The Morgan fingerprint density at radius 1 is 1.30 bits per heavy atom. The Kier molecular flexibility index (Phi) is 8.04. The lowest BCUT2D eigenvalue weighted by Gasteiger charge is -1.93. The molecule has 0 bridgehead atoms. The zero-order chi connectivity index (χ0) is 7.66. The van der Waals surface area contributed by atoms with Crippen LogP contribution in [0.1, 0.15) is 19.3 Å². The smallest absolute Gasteiger partial charge is 0.104 e. The van der Waals surface area contributed by atoms with Gasteiger partial charge in [-0.05, 0) is 12.8 Å². The van der Waals surface area contributed by atoms with Gasteiger partial charge in [0.2, 0.25) is 0 Å². The molecule has 0 aromatic rings. The summed E-state index contributed by atoms with van der Waals surface area (Å²) in [4.78, 5) is 0. The van der Waals surface area contributed by atoms with Crippen LogP contribution in [0.3, 0.4) is 0 Å². The molecule has 0 fully saturated rings. The maximum Gasteiger partial charge on any atom is 0.104 e. The average molecular weight is 142 g/mol. The van der Waals surface area contributed by atoms with Crippen molar-refractivity contribution < 1.29 is 9.84 Å². The second kappa shape index (κ2) is 8.48.